The van der Waals surface area contributed by atoms with Crippen LogP contribution in [0.25, 0.3) is 0 Å². The molecule has 0 atom stereocenters. The minimum absolute atomic E-state index is 0.167. The van der Waals surface area contributed by atoms with Crippen molar-refractivity contribution < 1.29 is 8.42 Å². The van der Waals surface area contributed by atoms with E-state index in [2.05, 4.69) is 0 Å². The summed E-state index contributed by atoms with van der Waals surface area (Å²) in [7, 11) is -3.19. The van der Waals surface area contributed by atoms with Crippen LogP contribution in [0, 0.1) is 0 Å². The second kappa shape index (κ2) is 2.64. The molecule has 0 radical (unpaired) electrons. The van der Waals surface area contributed by atoms with Crippen LogP contribution in [-0.2, 0) is 10.0 Å². The molecule has 0 fully saturated rings. The summed E-state index contributed by atoms with van der Waals surface area (Å²) in [6, 6.07) is -0.167. The Balaban J connectivity index is 4.24. The van der Waals surface area contributed by atoms with Crippen LogP contribution in [0.15, 0.2) is 0 Å². The number of hydrogen-bond acceptors (Lipinski definition) is 3. The Morgan fingerprint density at radius 3 is 1.78 bits per heavy atom. The van der Waals surface area contributed by atoms with Gasteiger partial charge in [-0.3, -0.25) is 5.84 Å². The number of hydrazine groups is 1. The van der Waals surface area contributed by atoms with E-state index in [0.29, 0.717) is 0 Å². The molecule has 0 rings (SSSR count). The van der Waals surface area contributed by atoms with E-state index in [0.717, 1.165) is 10.7 Å². The third kappa shape index (κ3) is 2.78. The molecule has 0 aliphatic carbocycles. The van der Waals surface area contributed by atoms with Gasteiger partial charge in [0.1, 0.15) is 0 Å². The summed E-state index contributed by atoms with van der Waals surface area (Å²) in [4.78, 5) is 0. The van der Waals surface area contributed by atoms with Crippen LogP contribution in [-0.4, -0.2) is 25.1 Å². The minimum atomic E-state index is -3.19. The van der Waals surface area contributed by atoms with Crippen LogP contribution in [0.2, 0.25) is 0 Å². The molecule has 0 aromatic heterocycles. The molecule has 0 bridgehead atoms. The van der Waals surface area contributed by atoms with E-state index in [1.54, 1.807) is 13.8 Å². The van der Waals surface area contributed by atoms with Crippen LogP contribution in [0.4, 0.5) is 0 Å². The van der Waals surface area contributed by atoms with E-state index >= 15 is 0 Å². The monoisotopic (exact) mass is 152 g/mol. The Morgan fingerprint density at radius 1 is 1.44 bits per heavy atom. The maximum absolute atomic E-state index is 10.6. The largest absolute Gasteiger partial charge is 0.255 e. The van der Waals surface area contributed by atoms with Crippen LogP contribution < -0.4 is 5.84 Å². The van der Waals surface area contributed by atoms with Gasteiger partial charge in [0.2, 0.25) is 10.0 Å². The van der Waals surface area contributed by atoms with Gasteiger partial charge in [-0.2, -0.15) is 0 Å². The van der Waals surface area contributed by atoms with Crippen molar-refractivity contribution >= 4 is 10.0 Å². The van der Waals surface area contributed by atoms with Crippen molar-refractivity contribution in [1.29, 1.82) is 0 Å². The first-order chi connectivity index (χ1) is 3.85. The first-order valence-electron chi connectivity index (χ1n) is 2.60. The van der Waals surface area contributed by atoms with Crippen LogP contribution in [0.5, 0.6) is 0 Å². The molecule has 0 aromatic rings. The minimum Gasteiger partial charge on any atom is -0.255 e. The average Bonchev–Trinajstić information content (AvgIpc) is 1.62. The first kappa shape index (κ1) is 8.87. The summed E-state index contributed by atoms with van der Waals surface area (Å²) < 4.78 is 22.0. The lowest BCUT2D eigenvalue weighted by Crippen LogP contribution is -2.41. The third-order valence-corrected chi connectivity index (χ3v) is 2.08. The van der Waals surface area contributed by atoms with Crippen molar-refractivity contribution in [3.63, 3.8) is 0 Å². The predicted molar refractivity (Wildman–Crippen MR) is 36.0 cm³/mol. The van der Waals surface area contributed by atoms with Crippen molar-refractivity contribution in [2.45, 2.75) is 19.9 Å². The summed E-state index contributed by atoms with van der Waals surface area (Å²) in [5.41, 5.74) is 0. The lowest BCUT2D eigenvalue weighted by Gasteiger charge is -2.16. The number of nitrogens with zero attached hydrogens (tertiary/aromatic N) is 1. The molecular weight excluding hydrogens is 140 g/mol. The SMILES string of the molecule is CC(C)N(N)S(C)(=O)=O. The zero-order chi connectivity index (χ0) is 7.65. The lowest BCUT2D eigenvalue weighted by molar-refractivity contribution is 0.369. The normalized spacial score (nSPS) is 13.1. The molecule has 0 unspecified atom stereocenters. The summed E-state index contributed by atoms with van der Waals surface area (Å²) in [6.45, 7) is 3.42. The topological polar surface area (TPSA) is 63.4 Å². The van der Waals surface area contributed by atoms with Crippen molar-refractivity contribution in [2.24, 2.45) is 5.84 Å². The number of rotatable bonds is 2. The number of sulfonamides is 1. The quantitative estimate of drug-likeness (QED) is 0.430. The second-order valence-corrected chi connectivity index (χ2v) is 4.07. The van der Waals surface area contributed by atoms with Gasteiger partial charge in [-0.25, -0.2) is 8.42 Å². The average molecular weight is 152 g/mol. The maximum Gasteiger partial charge on any atom is 0.223 e. The summed E-state index contributed by atoms with van der Waals surface area (Å²) in [5.74, 6) is 5.14. The van der Waals surface area contributed by atoms with Gasteiger partial charge in [0, 0.05) is 6.04 Å². The van der Waals surface area contributed by atoms with Crippen LogP contribution in [0.3, 0.4) is 0 Å². The summed E-state index contributed by atoms with van der Waals surface area (Å²) in [5, 5.41) is 0. The van der Waals surface area contributed by atoms with E-state index in [9.17, 15) is 8.42 Å². The molecule has 0 heterocycles. The summed E-state index contributed by atoms with van der Waals surface area (Å²) >= 11 is 0. The molecule has 56 valence electrons. The van der Waals surface area contributed by atoms with Crippen molar-refractivity contribution in [2.75, 3.05) is 6.26 Å². The molecule has 9 heavy (non-hydrogen) atoms. The molecule has 0 spiro atoms. The number of nitrogens with two attached hydrogens (primary N) is 1. The van der Waals surface area contributed by atoms with E-state index < -0.39 is 10.0 Å². The van der Waals surface area contributed by atoms with Gasteiger partial charge in [0.15, 0.2) is 0 Å². The van der Waals surface area contributed by atoms with Crippen LogP contribution in [0.1, 0.15) is 13.8 Å². The highest BCUT2D eigenvalue weighted by Crippen LogP contribution is 1.95. The highest BCUT2D eigenvalue weighted by Gasteiger charge is 2.13. The van der Waals surface area contributed by atoms with Crippen molar-refractivity contribution in [1.82, 2.24) is 4.41 Å². The number of hydrogen-bond donors (Lipinski definition) is 1. The smallest absolute Gasteiger partial charge is 0.223 e. The highest BCUT2D eigenvalue weighted by atomic mass is 32.2. The van der Waals surface area contributed by atoms with E-state index in [-0.39, 0.29) is 6.04 Å². The Hall–Kier alpha value is -0.130. The molecule has 4 nitrogen and oxygen atoms in total. The van der Waals surface area contributed by atoms with Gasteiger partial charge in [-0.15, -0.1) is 4.41 Å². The zero-order valence-electron chi connectivity index (χ0n) is 5.83. The van der Waals surface area contributed by atoms with Gasteiger partial charge in [0.25, 0.3) is 0 Å². The van der Waals surface area contributed by atoms with Gasteiger partial charge in [-0.1, -0.05) is 0 Å². The fourth-order valence-corrected chi connectivity index (χ4v) is 1.15. The van der Waals surface area contributed by atoms with Gasteiger partial charge >= 0.3 is 0 Å². The third-order valence-electron chi connectivity index (χ3n) is 0.892. The second-order valence-electron chi connectivity index (χ2n) is 2.19. The Bertz CT molecular complexity index is 173. The fourth-order valence-electron chi connectivity index (χ4n) is 0.383. The summed E-state index contributed by atoms with van der Waals surface area (Å²) in [6.07, 6.45) is 1.08. The Morgan fingerprint density at radius 2 is 1.78 bits per heavy atom. The van der Waals surface area contributed by atoms with E-state index in [4.69, 9.17) is 5.84 Å². The zero-order valence-corrected chi connectivity index (χ0v) is 6.64. The molecule has 2 N–H and O–H groups in total. The van der Waals surface area contributed by atoms with Gasteiger partial charge in [-0.05, 0) is 13.8 Å². The standard InChI is InChI=1S/C4H12N2O2S/c1-4(2)6(5)9(3,7)8/h4H,5H2,1-3H3. The fraction of sp³-hybridized carbons (Fsp3) is 1.00. The molecule has 0 aromatic carbocycles. The highest BCUT2D eigenvalue weighted by molar-refractivity contribution is 7.88. The van der Waals surface area contributed by atoms with Crippen molar-refractivity contribution in [3.8, 4) is 0 Å². The van der Waals surface area contributed by atoms with E-state index in [1.807, 2.05) is 0 Å². The molecule has 0 saturated carbocycles. The van der Waals surface area contributed by atoms with E-state index in [1.165, 1.54) is 0 Å². The first-order valence-corrected chi connectivity index (χ1v) is 4.44. The van der Waals surface area contributed by atoms with Crippen LogP contribution >= 0.6 is 0 Å². The maximum atomic E-state index is 10.6. The predicted octanol–water partition coefficient (Wildman–Crippen LogP) is -0.470. The molecule has 0 saturated heterocycles. The Labute approximate surface area is 55.7 Å². The molecule has 5 heteroatoms. The lowest BCUT2D eigenvalue weighted by atomic mass is 10.4. The molecule has 0 aliphatic heterocycles. The van der Waals surface area contributed by atoms with Gasteiger partial charge < -0.3 is 0 Å². The molecule has 0 amide bonds. The van der Waals surface area contributed by atoms with Gasteiger partial charge in [0.05, 0.1) is 6.26 Å². The molecule has 0 aliphatic rings. The van der Waals surface area contributed by atoms with Crippen molar-refractivity contribution in [3.05, 3.63) is 0 Å². The Kier molecular flexibility index (Phi) is 2.60. The molecular formula is C4H12N2O2S.